The number of rotatable bonds is 5. The summed E-state index contributed by atoms with van der Waals surface area (Å²) in [5, 5.41) is 9.56. The summed E-state index contributed by atoms with van der Waals surface area (Å²) in [6.07, 6.45) is 4.34. The first-order chi connectivity index (χ1) is 12.8. The first-order valence-electron chi connectivity index (χ1n) is 9.12. The maximum Gasteiger partial charge on any atom is 0.326 e. The van der Waals surface area contributed by atoms with Gasteiger partial charge in [-0.3, -0.25) is 9.69 Å². The molecule has 0 aliphatic carbocycles. The normalized spacial score (nSPS) is 19.8. The van der Waals surface area contributed by atoms with Gasteiger partial charge in [0, 0.05) is 19.3 Å². The second-order valence-corrected chi connectivity index (χ2v) is 9.12. The number of carbonyl (C=O) groups is 2. The number of thioether (sulfide) groups is 1. The largest absolute Gasteiger partial charge is 0.480 e. The van der Waals surface area contributed by atoms with Gasteiger partial charge in [-0.15, -0.1) is 0 Å². The van der Waals surface area contributed by atoms with Crippen molar-refractivity contribution in [3.8, 4) is 0 Å². The zero-order valence-electron chi connectivity index (χ0n) is 15.8. The molecule has 0 saturated carbocycles. The van der Waals surface area contributed by atoms with Crippen LogP contribution in [0, 0.1) is 5.92 Å². The first kappa shape index (κ1) is 19.9. The molecule has 0 spiro atoms. The van der Waals surface area contributed by atoms with Crippen molar-refractivity contribution >= 4 is 51.9 Å². The molecular formula is C20H24N2O3S2. The van der Waals surface area contributed by atoms with E-state index in [1.807, 2.05) is 26.0 Å². The van der Waals surface area contributed by atoms with Gasteiger partial charge in [0.15, 0.2) is 0 Å². The molecule has 1 unspecified atom stereocenters. The van der Waals surface area contributed by atoms with E-state index in [1.165, 1.54) is 27.9 Å². The van der Waals surface area contributed by atoms with Crippen LogP contribution >= 0.6 is 24.0 Å². The van der Waals surface area contributed by atoms with Crippen molar-refractivity contribution in [2.24, 2.45) is 5.92 Å². The van der Waals surface area contributed by atoms with E-state index in [1.54, 1.807) is 0 Å². The summed E-state index contributed by atoms with van der Waals surface area (Å²) in [5.74, 6) is -1.18. The lowest BCUT2D eigenvalue weighted by molar-refractivity contribution is -0.145. The Morgan fingerprint density at radius 3 is 2.81 bits per heavy atom. The highest BCUT2D eigenvalue weighted by atomic mass is 32.2. The van der Waals surface area contributed by atoms with Gasteiger partial charge in [-0.25, -0.2) is 4.79 Å². The summed E-state index contributed by atoms with van der Waals surface area (Å²) < 4.78 is 0.317. The summed E-state index contributed by atoms with van der Waals surface area (Å²) in [6.45, 7) is 4.93. The molecule has 1 amide bonds. The van der Waals surface area contributed by atoms with Crippen LogP contribution in [0.25, 0.3) is 6.08 Å². The van der Waals surface area contributed by atoms with E-state index in [4.69, 9.17) is 12.2 Å². The van der Waals surface area contributed by atoms with Crippen molar-refractivity contribution in [3.63, 3.8) is 0 Å². The summed E-state index contributed by atoms with van der Waals surface area (Å²) in [5.41, 5.74) is 3.45. The monoisotopic (exact) mass is 404 g/mol. The Morgan fingerprint density at radius 2 is 2.15 bits per heavy atom. The summed E-state index contributed by atoms with van der Waals surface area (Å²) in [4.78, 5) is 28.5. The van der Waals surface area contributed by atoms with Crippen molar-refractivity contribution in [3.05, 3.63) is 34.2 Å². The van der Waals surface area contributed by atoms with E-state index in [-0.39, 0.29) is 11.8 Å². The SMILES string of the molecule is CC(C)CC(C(=O)O)N1C(=O)/C(=C\c2ccc3c(c2)CCCN3C)SC1=S. The predicted molar refractivity (Wildman–Crippen MR) is 114 cm³/mol. The molecule has 3 rings (SSSR count). The fourth-order valence-electron chi connectivity index (χ4n) is 3.56. The number of nitrogens with zero attached hydrogens (tertiary/aromatic N) is 2. The molecule has 1 fully saturated rings. The van der Waals surface area contributed by atoms with Gasteiger partial charge in [-0.2, -0.15) is 0 Å². The van der Waals surface area contributed by atoms with Crippen LogP contribution in [0.1, 0.15) is 37.8 Å². The number of carboxylic acids is 1. The quantitative estimate of drug-likeness (QED) is 0.595. The van der Waals surface area contributed by atoms with Gasteiger partial charge in [-0.05, 0) is 54.5 Å². The molecule has 0 radical (unpaired) electrons. The number of hydrogen-bond donors (Lipinski definition) is 1. The van der Waals surface area contributed by atoms with Crippen LogP contribution in [0.15, 0.2) is 23.1 Å². The third kappa shape index (κ3) is 4.19. The van der Waals surface area contributed by atoms with Gasteiger partial charge in [-0.1, -0.05) is 43.9 Å². The predicted octanol–water partition coefficient (Wildman–Crippen LogP) is 3.77. The van der Waals surface area contributed by atoms with E-state index in [0.717, 1.165) is 24.9 Å². The van der Waals surface area contributed by atoms with Crippen molar-refractivity contribution in [2.45, 2.75) is 39.2 Å². The summed E-state index contributed by atoms with van der Waals surface area (Å²) >= 11 is 6.51. The van der Waals surface area contributed by atoms with Gasteiger partial charge < -0.3 is 10.0 Å². The highest BCUT2D eigenvalue weighted by Gasteiger charge is 2.40. The molecule has 1 aromatic carbocycles. The number of aryl methyl sites for hydroxylation is 1. The van der Waals surface area contributed by atoms with Crippen LogP contribution in [0.5, 0.6) is 0 Å². The molecule has 0 aromatic heterocycles. The number of carboxylic acid groups (broad SMARTS) is 1. The number of amides is 1. The van der Waals surface area contributed by atoms with E-state index < -0.39 is 12.0 Å². The molecule has 7 heteroatoms. The number of fused-ring (bicyclic) bond motifs is 1. The molecule has 1 atom stereocenters. The minimum Gasteiger partial charge on any atom is -0.480 e. The molecule has 5 nitrogen and oxygen atoms in total. The maximum absolute atomic E-state index is 12.9. The van der Waals surface area contributed by atoms with E-state index in [2.05, 4.69) is 24.1 Å². The Kier molecular flexibility index (Phi) is 5.91. The fraction of sp³-hybridized carbons (Fsp3) is 0.450. The topological polar surface area (TPSA) is 60.9 Å². The average molecular weight is 405 g/mol. The van der Waals surface area contributed by atoms with E-state index in [9.17, 15) is 14.7 Å². The molecular weight excluding hydrogens is 380 g/mol. The van der Waals surface area contributed by atoms with Crippen molar-refractivity contribution in [1.82, 2.24) is 4.90 Å². The molecule has 1 aromatic rings. The van der Waals surface area contributed by atoms with Gasteiger partial charge in [0.05, 0.1) is 4.91 Å². The molecule has 27 heavy (non-hydrogen) atoms. The van der Waals surface area contributed by atoms with Crippen LogP contribution in [0.4, 0.5) is 5.69 Å². The molecule has 2 heterocycles. The van der Waals surface area contributed by atoms with Gasteiger partial charge in [0.25, 0.3) is 5.91 Å². The third-order valence-electron chi connectivity index (χ3n) is 4.87. The van der Waals surface area contributed by atoms with E-state index >= 15 is 0 Å². The number of thiocarbonyl (C=S) groups is 1. The van der Waals surface area contributed by atoms with Gasteiger partial charge in [0.1, 0.15) is 10.4 Å². The molecule has 144 valence electrons. The van der Waals surface area contributed by atoms with Crippen LogP contribution in [-0.4, -0.2) is 45.8 Å². The number of carbonyl (C=O) groups excluding carboxylic acids is 1. The lowest BCUT2D eigenvalue weighted by Gasteiger charge is -2.27. The van der Waals surface area contributed by atoms with Crippen molar-refractivity contribution in [1.29, 1.82) is 0 Å². The van der Waals surface area contributed by atoms with Gasteiger partial charge >= 0.3 is 5.97 Å². The Balaban J connectivity index is 1.87. The number of anilines is 1. The Labute approximate surface area is 169 Å². The first-order valence-corrected chi connectivity index (χ1v) is 10.3. The lowest BCUT2D eigenvalue weighted by atomic mass is 9.99. The second-order valence-electron chi connectivity index (χ2n) is 7.45. The van der Waals surface area contributed by atoms with Gasteiger partial charge in [0.2, 0.25) is 0 Å². The van der Waals surface area contributed by atoms with Crippen LogP contribution in [0.3, 0.4) is 0 Å². The fourth-order valence-corrected chi connectivity index (χ4v) is 4.91. The summed E-state index contributed by atoms with van der Waals surface area (Å²) in [7, 11) is 2.09. The number of hydrogen-bond acceptors (Lipinski definition) is 5. The number of aliphatic carboxylic acids is 1. The molecule has 2 aliphatic heterocycles. The van der Waals surface area contributed by atoms with Crippen LogP contribution in [-0.2, 0) is 16.0 Å². The maximum atomic E-state index is 12.9. The third-order valence-corrected chi connectivity index (χ3v) is 6.20. The highest BCUT2D eigenvalue weighted by Crippen LogP contribution is 2.36. The Bertz CT molecular complexity index is 819. The zero-order valence-corrected chi connectivity index (χ0v) is 17.4. The second kappa shape index (κ2) is 8.02. The summed E-state index contributed by atoms with van der Waals surface area (Å²) in [6, 6.07) is 5.27. The Morgan fingerprint density at radius 1 is 1.41 bits per heavy atom. The lowest BCUT2D eigenvalue weighted by Crippen LogP contribution is -2.44. The number of benzene rings is 1. The standard InChI is InChI=1S/C20H24N2O3S2/c1-12(2)9-16(19(24)25)22-18(23)17(27-20(22)26)11-13-6-7-15-14(10-13)5-4-8-21(15)3/h6-7,10-12,16H,4-5,8-9H2,1-3H3,(H,24,25)/b17-11+. The zero-order chi connectivity index (χ0) is 19.7. The average Bonchev–Trinajstić information content (AvgIpc) is 2.86. The van der Waals surface area contributed by atoms with Crippen LogP contribution < -0.4 is 4.90 Å². The molecule has 1 N–H and O–H groups in total. The molecule has 2 aliphatic rings. The van der Waals surface area contributed by atoms with Crippen molar-refractivity contribution < 1.29 is 14.7 Å². The van der Waals surface area contributed by atoms with E-state index in [0.29, 0.717) is 15.6 Å². The highest BCUT2D eigenvalue weighted by molar-refractivity contribution is 8.26. The Hall–Kier alpha value is -1.86. The minimum absolute atomic E-state index is 0.150. The smallest absolute Gasteiger partial charge is 0.326 e. The molecule has 0 bridgehead atoms. The van der Waals surface area contributed by atoms with Crippen molar-refractivity contribution in [2.75, 3.05) is 18.5 Å². The van der Waals surface area contributed by atoms with Crippen LogP contribution in [0.2, 0.25) is 0 Å². The minimum atomic E-state index is -1.02. The molecule has 1 saturated heterocycles.